The average molecular weight is 254 g/mol. The number of halogens is 1. The van der Waals surface area contributed by atoms with Crippen LogP contribution in [0.5, 0.6) is 0 Å². The van der Waals surface area contributed by atoms with Crippen LogP contribution in [0.15, 0.2) is 18.2 Å². The van der Waals surface area contributed by atoms with Gasteiger partial charge in [-0.1, -0.05) is 11.6 Å². The first-order valence-electron chi connectivity index (χ1n) is 5.01. The summed E-state index contributed by atoms with van der Waals surface area (Å²) in [6.07, 6.45) is 0.292. The van der Waals surface area contributed by atoms with E-state index in [9.17, 15) is 10.1 Å². The van der Waals surface area contributed by atoms with Gasteiger partial charge in [-0.25, -0.2) is 0 Å². The maximum atomic E-state index is 10.9. The van der Waals surface area contributed by atoms with Gasteiger partial charge in [-0.3, -0.25) is 10.1 Å². The molecule has 0 heterocycles. The predicted molar refractivity (Wildman–Crippen MR) is 66.2 cm³/mol. The van der Waals surface area contributed by atoms with Crippen molar-refractivity contribution in [1.82, 2.24) is 0 Å². The molecule has 0 saturated carbocycles. The van der Waals surface area contributed by atoms with Crippen LogP contribution < -0.4 is 4.90 Å². The average Bonchev–Trinajstić information content (AvgIpc) is 2.27. The van der Waals surface area contributed by atoms with Crippen LogP contribution in [0.1, 0.15) is 13.3 Å². The van der Waals surface area contributed by atoms with Crippen LogP contribution in [0.3, 0.4) is 0 Å². The molecule has 0 radical (unpaired) electrons. The second-order valence-corrected chi connectivity index (χ2v) is 4.15. The number of benzene rings is 1. The molecule has 1 aromatic carbocycles. The van der Waals surface area contributed by atoms with Crippen molar-refractivity contribution in [3.05, 3.63) is 33.3 Å². The van der Waals surface area contributed by atoms with Crippen LogP contribution >= 0.6 is 11.6 Å². The van der Waals surface area contributed by atoms with Crippen molar-refractivity contribution >= 4 is 23.0 Å². The van der Waals surface area contributed by atoms with Gasteiger partial charge in [0.05, 0.1) is 17.4 Å². The van der Waals surface area contributed by atoms with E-state index in [1.54, 1.807) is 11.9 Å². The molecule has 6 heteroatoms. The summed E-state index contributed by atoms with van der Waals surface area (Å²) in [5, 5.41) is 19.9. The summed E-state index contributed by atoms with van der Waals surface area (Å²) < 4.78 is 0. The van der Waals surface area contributed by atoms with E-state index in [4.69, 9.17) is 16.9 Å². The van der Waals surface area contributed by atoms with Crippen molar-refractivity contribution in [3.8, 4) is 6.07 Å². The maximum Gasteiger partial charge on any atom is 0.292 e. The van der Waals surface area contributed by atoms with Crippen LogP contribution in [0.4, 0.5) is 11.4 Å². The van der Waals surface area contributed by atoms with Crippen LogP contribution in [-0.2, 0) is 0 Å². The molecule has 0 saturated heterocycles. The summed E-state index contributed by atoms with van der Waals surface area (Å²) in [5.41, 5.74) is 0.409. The molecule has 1 rings (SSSR count). The lowest BCUT2D eigenvalue weighted by atomic mass is 10.2. The summed E-state index contributed by atoms with van der Waals surface area (Å²) in [6.45, 7) is 1.83. The highest BCUT2D eigenvalue weighted by Gasteiger charge is 2.20. The Morgan fingerprint density at radius 2 is 2.29 bits per heavy atom. The second kappa shape index (κ2) is 5.51. The Bertz CT molecular complexity index is 470. The zero-order valence-corrected chi connectivity index (χ0v) is 10.3. The third-order valence-electron chi connectivity index (χ3n) is 2.56. The molecule has 1 aromatic rings. The van der Waals surface area contributed by atoms with Gasteiger partial charge in [-0.2, -0.15) is 5.26 Å². The van der Waals surface area contributed by atoms with Crippen molar-refractivity contribution in [1.29, 1.82) is 5.26 Å². The van der Waals surface area contributed by atoms with Gasteiger partial charge in [-0.05, 0) is 19.1 Å². The number of anilines is 1. The smallest absolute Gasteiger partial charge is 0.292 e. The normalized spacial score (nSPS) is 11.6. The van der Waals surface area contributed by atoms with E-state index in [1.165, 1.54) is 18.2 Å². The fourth-order valence-electron chi connectivity index (χ4n) is 1.44. The molecule has 17 heavy (non-hydrogen) atoms. The molecule has 0 spiro atoms. The summed E-state index contributed by atoms with van der Waals surface area (Å²) in [4.78, 5) is 12.1. The Labute approximate surface area is 104 Å². The fraction of sp³-hybridized carbons (Fsp3) is 0.364. The first-order valence-corrected chi connectivity index (χ1v) is 5.39. The first kappa shape index (κ1) is 13.3. The zero-order chi connectivity index (χ0) is 13.0. The zero-order valence-electron chi connectivity index (χ0n) is 9.55. The van der Waals surface area contributed by atoms with Gasteiger partial charge in [-0.15, -0.1) is 0 Å². The quantitative estimate of drug-likeness (QED) is 0.611. The molecule has 90 valence electrons. The number of hydrogen-bond acceptors (Lipinski definition) is 4. The molecule has 0 N–H and O–H groups in total. The Hall–Kier alpha value is -1.80. The van der Waals surface area contributed by atoms with Crippen LogP contribution in [0.2, 0.25) is 5.02 Å². The number of nitrogens with zero attached hydrogens (tertiary/aromatic N) is 3. The van der Waals surface area contributed by atoms with E-state index < -0.39 is 4.92 Å². The molecular weight excluding hydrogens is 242 g/mol. The number of nitro groups is 1. The van der Waals surface area contributed by atoms with Gasteiger partial charge in [0.1, 0.15) is 5.69 Å². The summed E-state index contributed by atoms with van der Waals surface area (Å²) in [6, 6.07) is 6.30. The Kier molecular flexibility index (Phi) is 4.30. The Balaban J connectivity index is 3.15. The Morgan fingerprint density at radius 1 is 1.65 bits per heavy atom. The van der Waals surface area contributed by atoms with Crippen molar-refractivity contribution in [2.24, 2.45) is 0 Å². The first-order chi connectivity index (χ1) is 7.97. The third-order valence-corrected chi connectivity index (χ3v) is 2.80. The summed E-state index contributed by atoms with van der Waals surface area (Å²) in [5.74, 6) is 0. The minimum atomic E-state index is -0.457. The lowest BCUT2D eigenvalue weighted by Gasteiger charge is -2.24. The highest BCUT2D eigenvalue weighted by atomic mass is 35.5. The fourth-order valence-corrected chi connectivity index (χ4v) is 1.61. The highest BCUT2D eigenvalue weighted by Crippen LogP contribution is 2.31. The SMILES string of the molecule is CC(CC#N)N(C)c1cc(Cl)ccc1[N+](=O)[O-]. The van der Waals surface area contributed by atoms with E-state index in [2.05, 4.69) is 0 Å². The number of nitriles is 1. The molecule has 0 aliphatic rings. The number of nitro benzene ring substituents is 1. The lowest BCUT2D eigenvalue weighted by Crippen LogP contribution is -2.28. The molecular formula is C11H12ClN3O2. The molecule has 0 bridgehead atoms. The van der Waals surface area contributed by atoms with Gasteiger partial charge < -0.3 is 4.90 Å². The predicted octanol–water partition coefficient (Wildman–Crippen LogP) is 2.99. The molecule has 1 unspecified atom stereocenters. The van der Waals surface area contributed by atoms with Gasteiger partial charge in [0.2, 0.25) is 0 Å². The van der Waals surface area contributed by atoms with Crippen LogP contribution in [-0.4, -0.2) is 18.0 Å². The number of hydrogen-bond donors (Lipinski definition) is 0. The van der Waals surface area contributed by atoms with Crippen LogP contribution in [0.25, 0.3) is 0 Å². The van der Waals surface area contributed by atoms with Gasteiger partial charge >= 0.3 is 0 Å². The van der Waals surface area contributed by atoms with Crippen LogP contribution in [0, 0.1) is 21.4 Å². The molecule has 0 fully saturated rings. The maximum absolute atomic E-state index is 10.9. The molecule has 1 atom stereocenters. The van der Waals surface area contributed by atoms with Crippen molar-refractivity contribution in [2.75, 3.05) is 11.9 Å². The minimum Gasteiger partial charge on any atom is -0.365 e. The summed E-state index contributed by atoms with van der Waals surface area (Å²) >= 11 is 5.83. The third kappa shape index (κ3) is 3.08. The molecule has 5 nitrogen and oxygen atoms in total. The molecule has 0 aliphatic heterocycles. The van der Waals surface area contributed by atoms with E-state index in [-0.39, 0.29) is 11.7 Å². The van der Waals surface area contributed by atoms with E-state index in [0.717, 1.165) is 0 Å². The monoisotopic (exact) mass is 253 g/mol. The van der Waals surface area contributed by atoms with E-state index in [1.807, 2.05) is 13.0 Å². The lowest BCUT2D eigenvalue weighted by molar-refractivity contribution is -0.384. The minimum absolute atomic E-state index is 0.0123. The second-order valence-electron chi connectivity index (χ2n) is 3.71. The topological polar surface area (TPSA) is 70.2 Å². The molecule has 0 aromatic heterocycles. The highest BCUT2D eigenvalue weighted by molar-refractivity contribution is 6.31. The largest absolute Gasteiger partial charge is 0.365 e. The van der Waals surface area contributed by atoms with Crippen molar-refractivity contribution in [3.63, 3.8) is 0 Å². The van der Waals surface area contributed by atoms with Crippen molar-refractivity contribution < 1.29 is 4.92 Å². The van der Waals surface area contributed by atoms with Gasteiger partial charge in [0.25, 0.3) is 5.69 Å². The molecule has 0 amide bonds. The van der Waals surface area contributed by atoms with Crippen molar-refractivity contribution in [2.45, 2.75) is 19.4 Å². The van der Waals surface area contributed by atoms with E-state index in [0.29, 0.717) is 17.1 Å². The Morgan fingerprint density at radius 3 is 2.82 bits per heavy atom. The molecule has 0 aliphatic carbocycles. The van der Waals surface area contributed by atoms with E-state index >= 15 is 0 Å². The van der Waals surface area contributed by atoms with Gasteiger partial charge in [0, 0.05) is 24.2 Å². The summed E-state index contributed by atoms with van der Waals surface area (Å²) in [7, 11) is 1.71. The van der Waals surface area contributed by atoms with Gasteiger partial charge in [0.15, 0.2) is 0 Å². The number of rotatable bonds is 4. The standard InChI is InChI=1S/C11H12ClN3O2/c1-8(5-6-13)14(2)11-7-9(12)3-4-10(11)15(16)17/h3-4,7-8H,5H2,1-2H3.